The smallest absolute Gasteiger partial charge is 0.0380 e. The lowest BCUT2D eigenvalue weighted by atomic mass is 9.90. The summed E-state index contributed by atoms with van der Waals surface area (Å²) in [7, 11) is 0. The molecule has 0 aromatic carbocycles. The number of fused-ring (bicyclic) bond motifs is 2. The SMILES string of the molecule is C1CC2CCC3CC3CC2C1. The molecule has 0 bridgehead atoms. The van der Waals surface area contributed by atoms with E-state index < -0.39 is 0 Å². The molecule has 4 unspecified atom stereocenters. The van der Waals surface area contributed by atoms with Gasteiger partial charge in [0.2, 0.25) is 0 Å². The van der Waals surface area contributed by atoms with E-state index in [1.54, 1.807) is 44.9 Å². The second-order valence-electron chi connectivity index (χ2n) is 5.02. The molecule has 0 aromatic rings. The number of hydrogen-bond acceptors (Lipinski definition) is 0. The molecule has 0 heteroatoms. The van der Waals surface area contributed by atoms with E-state index >= 15 is 0 Å². The van der Waals surface area contributed by atoms with E-state index in [-0.39, 0.29) is 0 Å². The maximum atomic E-state index is 1.62. The van der Waals surface area contributed by atoms with E-state index in [2.05, 4.69) is 0 Å². The van der Waals surface area contributed by atoms with Crippen molar-refractivity contribution in [1.29, 1.82) is 0 Å². The molecule has 11 heavy (non-hydrogen) atoms. The molecule has 0 nitrogen and oxygen atoms in total. The molecule has 3 aliphatic carbocycles. The van der Waals surface area contributed by atoms with Crippen LogP contribution in [0.25, 0.3) is 0 Å². The van der Waals surface area contributed by atoms with Crippen molar-refractivity contribution in [2.75, 3.05) is 0 Å². The maximum Gasteiger partial charge on any atom is -0.0380 e. The summed E-state index contributed by atoms with van der Waals surface area (Å²) in [6.45, 7) is 0. The van der Waals surface area contributed by atoms with Crippen molar-refractivity contribution in [2.24, 2.45) is 23.7 Å². The van der Waals surface area contributed by atoms with Crippen LogP contribution in [0.4, 0.5) is 0 Å². The molecule has 0 amide bonds. The second-order valence-corrected chi connectivity index (χ2v) is 5.02. The van der Waals surface area contributed by atoms with Gasteiger partial charge in [0.1, 0.15) is 0 Å². The average Bonchev–Trinajstić information content (AvgIpc) is 2.62. The first kappa shape index (κ1) is 6.51. The molecular weight excluding hydrogens is 132 g/mol. The van der Waals surface area contributed by atoms with Gasteiger partial charge in [-0.1, -0.05) is 19.3 Å². The monoisotopic (exact) mass is 150 g/mol. The van der Waals surface area contributed by atoms with Gasteiger partial charge in [0.15, 0.2) is 0 Å². The van der Waals surface area contributed by atoms with Crippen molar-refractivity contribution >= 4 is 0 Å². The molecule has 0 aliphatic heterocycles. The Morgan fingerprint density at radius 3 is 2.09 bits per heavy atom. The zero-order chi connectivity index (χ0) is 7.26. The first-order valence-electron chi connectivity index (χ1n) is 5.43. The van der Waals surface area contributed by atoms with E-state index in [4.69, 9.17) is 0 Å². The van der Waals surface area contributed by atoms with Crippen molar-refractivity contribution in [3.63, 3.8) is 0 Å². The van der Waals surface area contributed by atoms with Gasteiger partial charge < -0.3 is 0 Å². The van der Waals surface area contributed by atoms with Gasteiger partial charge in [-0.05, 0) is 49.4 Å². The van der Waals surface area contributed by atoms with E-state index in [0.29, 0.717) is 0 Å². The Morgan fingerprint density at radius 2 is 1.18 bits per heavy atom. The molecule has 3 saturated carbocycles. The van der Waals surface area contributed by atoms with E-state index in [9.17, 15) is 0 Å². The van der Waals surface area contributed by atoms with Crippen LogP contribution in [0.1, 0.15) is 44.9 Å². The van der Waals surface area contributed by atoms with Crippen LogP contribution in [0.3, 0.4) is 0 Å². The minimum absolute atomic E-state index is 1.17. The highest BCUT2D eigenvalue weighted by Gasteiger charge is 2.43. The third kappa shape index (κ3) is 1.02. The predicted octanol–water partition coefficient (Wildman–Crippen LogP) is 3.22. The lowest BCUT2D eigenvalue weighted by Crippen LogP contribution is -2.06. The fourth-order valence-corrected chi connectivity index (χ4v) is 3.57. The van der Waals surface area contributed by atoms with Crippen molar-refractivity contribution in [3.8, 4) is 0 Å². The largest absolute Gasteiger partial charge is 0.0528 e. The lowest BCUT2D eigenvalue weighted by Gasteiger charge is -2.16. The van der Waals surface area contributed by atoms with Crippen LogP contribution in [-0.4, -0.2) is 0 Å². The Labute approximate surface area is 69.4 Å². The first-order chi connectivity index (χ1) is 5.43. The van der Waals surface area contributed by atoms with Crippen LogP contribution >= 0.6 is 0 Å². The highest BCUT2D eigenvalue weighted by Crippen LogP contribution is 2.54. The van der Waals surface area contributed by atoms with Crippen molar-refractivity contribution in [1.82, 2.24) is 0 Å². The lowest BCUT2D eigenvalue weighted by molar-refractivity contribution is 0.348. The van der Waals surface area contributed by atoms with E-state index in [1.165, 1.54) is 23.7 Å². The van der Waals surface area contributed by atoms with Crippen LogP contribution in [0.5, 0.6) is 0 Å². The maximum absolute atomic E-state index is 1.62. The summed E-state index contributed by atoms with van der Waals surface area (Å²) in [5.41, 5.74) is 0. The fraction of sp³-hybridized carbons (Fsp3) is 1.00. The van der Waals surface area contributed by atoms with Crippen LogP contribution in [0.2, 0.25) is 0 Å². The molecule has 3 rings (SSSR count). The number of rotatable bonds is 0. The minimum Gasteiger partial charge on any atom is -0.0528 e. The molecule has 3 fully saturated rings. The van der Waals surface area contributed by atoms with Crippen LogP contribution in [0, 0.1) is 23.7 Å². The zero-order valence-electron chi connectivity index (χ0n) is 7.26. The summed E-state index contributed by atoms with van der Waals surface area (Å²) in [6, 6.07) is 0. The van der Waals surface area contributed by atoms with Gasteiger partial charge in [-0.25, -0.2) is 0 Å². The topological polar surface area (TPSA) is 0 Å². The Kier molecular flexibility index (Phi) is 1.33. The van der Waals surface area contributed by atoms with Gasteiger partial charge in [-0.2, -0.15) is 0 Å². The highest BCUT2D eigenvalue weighted by molar-refractivity contribution is 4.94. The van der Waals surface area contributed by atoms with Gasteiger partial charge in [0, 0.05) is 0 Å². The van der Waals surface area contributed by atoms with Gasteiger partial charge in [0.05, 0.1) is 0 Å². The highest BCUT2D eigenvalue weighted by atomic mass is 14.5. The molecular formula is C11H18. The average molecular weight is 150 g/mol. The normalized spacial score (nSPS) is 54.5. The second kappa shape index (κ2) is 2.24. The Morgan fingerprint density at radius 1 is 0.545 bits per heavy atom. The van der Waals surface area contributed by atoms with Crippen molar-refractivity contribution in [3.05, 3.63) is 0 Å². The van der Waals surface area contributed by atoms with E-state index in [1.807, 2.05) is 0 Å². The zero-order valence-corrected chi connectivity index (χ0v) is 7.26. The Hall–Kier alpha value is 0. The summed E-state index contributed by atoms with van der Waals surface area (Å²) in [6.07, 6.45) is 11.1. The first-order valence-corrected chi connectivity index (χ1v) is 5.43. The molecule has 4 atom stereocenters. The van der Waals surface area contributed by atoms with Crippen LogP contribution in [-0.2, 0) is 0 Å². The van der Waals surface area contributed by atoms with Gasteiger partial charge in [-0.15, -0.1) is 0 Å². The number of hydrogen-bond donors (Lipinski definition) is 0. The molecule has 0 spiro atoms. The summed E-state index contributed by atoms with van der Waals surface area (Å²) in [4.78, 5) is 0. The molecule has 0 heterocycles. The van der Waals surface area contributed by atoms with Crippen LogP contribution < -0.4 is 0 Å². The molecule has 62 valence electrons. The predicted molar refractivity (Wildman–Crippen MR) is 46.3 cm³/mol. The molecule has 0 saturated heterocycles. The van der Waals surface area contributed by atoms with Gasteiger partial charge in [0.25, 0.3) is 0 Å². The van der Waals surface area contributed by atoms with Crippen molar-refractivity contribution < 1.29 is 0 Å². The third-order valence-corrected chi connectivity index (χ3v) is 4.40. The summed E-state index contributed by atoms with van der Waals surface area (Å²) >= 11 is 0. The summed E-state index contributed by atoms with van der Waals surface area (Å²) < 4.78 is 0. The molecule has 0 radical (unpaired) electrons. The van der Waals surface area contributed by atoms with Gasteiger partial charge >= 0.3 is 0 Å². The Balaban J connectivity index is 1.74. The minimum atomic E-state index is 1.17. The third-order valence-electron chi connectivity index (χ3n) is 4.40. The van der Waals surface area contributed by atoms with Crippen LogP contribution in [0.15, 0.2) is 0 Å². The molecule has 0 aromatic heterocycles. The molecule has 3 aliphatic rings. The molecule has 0 N–H and O–H groups in total. The Bertz CT molecular complexity index is 161. The van der Waals surface area contributed by atoms with E-state index in [0.717, 1.165) is 0 Å². The van der Waals surface area contributed by atoms with Gasteiger partial charge in [-0.3, -0.25) is 0 Å². The summed E-state index contributed by atoms with van der Waals surface area (Å²) in [5.74, 6) is 4.74. The summed E-state index contributed by atoms with van der Waals surface area (Å²) in [5, 5.41) is 0. The van der Waals surface area contributed by atoms with Crippen molar-refractivity contribution in [2.45, 2.75) is 44.9 Å². The quantitative estimate of drug-likeness (QED) is 0.497. The standard InChI is InChI=1S/C11H18/c1-2-8-4-5-10-7-11(10)6-9(8)3-1/h8-11H,1-7H2. The fourth-order valence-electron chi connectivity index (χ4n) is 3.57.